The number of hydrogen-bond acceptors (Lipinski definition) is 5. The van der Waals surface area contributed by atoms with Gasteiger partial charge in [0.15, 0.2) is 5.96 Å². The number of aliphatic imine (C=N–C) groups is 1. The highest BCUT2D eigenvalue weighted by Crippen LogP contribution is 2.18. The average molecular weight is 532 g/mol. The summed E-state index contributed by atoms with van der Waals surface area (Å²) in [5.41, 5.74) is 1.04. The fourth-order valence-corrected chi connectivity index (χ4v) is 3.12. The van der Waals surface area contributed by atoms with Gasteiger partial charge in [-0.3, -0.25) is 4.79 Å². The van der Waals surface area contributed by atoms with Gasteiger partial charge in [-0.25, -0.2) is 9.98 Å². The molecule has 8 nitrogen and oxygen atoms in total. The number of rotatable bonds is 9. The van der Waals surface area contributed by atoms with Gasteiger partial charge >= 0.3 is 0 Å². The van der Waals surface area contributed by atoms with Gasteiger partial charge in [-0.2, -0.15) is 0 Å². The molecule has 30 heavy (non-hydrogen) atoms. The molecule has 1 saturated heterocycles. The summed E-state index contributed by atoms with van der Waals surface area (Å²) in [6.07, 6.45) is 2.89. The van der Waals surface area contributed by atoms with Crippen LogP contribution < -0.4 is 15.5 Å². The molecule has 2 N–H and O–H groups in total. The molecule has 0 aromatic carbocycles. The van der Waals surface area contributed by atoms with Crippen molar-refractivity contribution in [3.05, 3.63) is 23.9 Å². The van der Waals surface area contributed by atoms with Crippen molar-refractivity contribution in [3.8, 4) is 0 Å². The predicted molar refractivity (Wildman–Crippen MR) is 133 cm³/mol. The first-order chi connectivity index (χ1) is 14.0. The van der Waals surface area contributed by atoms with Crippen LogP contribution in [0.4, 0.5) is 5.82 Å². The zero-order valence-electron chi connectivity index (χ0n) is 18.7. The summed E-state index contributed by atoms with van der Waals surface area (Å²) in [4.78, 5) is 24.9. The molecule has 1 aromatic rings. The van der Waals surface area contributed by atoms with E-state index in [1.165, 1.54) is 0 Å². The Hall–Kier alpha value is -1.62. The minimum absolute atomic E-state index is 0. The summed E-state index contributed by atoms with van der Waals surface area (Å²) in [6.45, 7) is 8.25. The predicted octanol–water partition coefficient (Wildman–Crippen LogP) is 2.03. The van der Waals surface area contributed by atoms with E-state index in [0.29, 0.717) is 12.0 Å². The molecule has 0 saturated carbocycles. The number of carbonyl (C=O) groups is 1. The highest BCUT2D eigenvalue weighted by molar-refractivity contribution is 14.0. The van der Waals surface area contributed by atoms with E-state index >= 15 is 0 Å². The number of nitrogens with zero attached hydrogens (tertiary/aromatic N) is 4. The topological polar surface area (TPSA) is 82.1 Å². The number of likely N-dealkylation sites (N-methyl/N-ethyl adjacent to an activating group) is 1. The standard InChI is InChI=1S/C21H36N6O2.HI/c1-5-29-15-7-12-22-21(23-16-20(28)26(3)4)25-18-10-13-27(14-11-18)19-9-6-8-17(2)24-19;/h6,8-9,18H,5,7,10-16H2,1-4H3,(H2,22,23,25);1H. The number of piperidine rings is 1. The Morgan fingerprint density at radius 1 is 1.33 bits per heavy atom. The van der Waals surface area contributed by atoms with Crippen LogP contribution >= 0.6 is 24.0 Å². The summed E-state index contributed by atoms with van der Waals surface area (Å²) >= 11 is 0. The summed E-state index contributed by atoms with van der Waals surface area (Å²) < 4.78 is 5.38. The minimum Gasteiger partial charge on any atom is -0.382 e. The zero-order valence-corrected chi connectivity index (χ0v) is 21.0. The quantitative estimate of drug-likeness (QED) is 0.219. The van der Waals surface area contributed by atoms with Gasteiger partial charge in [-0.05, 0) is 45.2 Å². The SMILES string of the molecule is CCOCCCNC(=NCC(=O)N(C)C)NC1CCN(c2cccc(C)n2)CC1.I. The number of nitrogens with one attached hydrogen (secondary N) is 2. The molecule has 0 atom stereocenters. The number of halogens is 1. The molecule has 2 rings (SSSR count). The van der Waals surface area contributed by atoms with Crippen LogP contribution in [-0.4, -0.2) is 81.3 Å². The summed E-state index contributed by atoms with van der Waals surface area (Å²) in [7, 11) is 3.49. The van der Waals surface area contributed by atoms with Crippen LogP contribution in [0, 0.1) is 6.92 Å². The number of guanidine groups is 1. The van der Waals surface area contributed by atoms with Gasteiger partial charge in [-0.1, -0.05) is 6.07 Å². The van der Waals surface area contributed by atoms with Gasteiger partial charge in [0, 0.05) is 58.7 Å². The van der Waals surface area contributed by atoms with E-state index < -0.39 is 0 Å². The second kappa shape index (κ2) is 14.4. The van der Waals surface area contributed by atoms with Gasteiger partial charge in [0.25, 0.3) is 0 Å². The number of aryl methyl sites for hydroxylation is 1. The second-order valence-corrected chi connectivity index (χ2v) is 7.47. The third-order valence-electron chi connectivity index (χ3n) is 4.87. The lowest BCUT2D eigenvalue weighted by atomic mass is 10.1. The normalized spacial score (nSPS) is 14.8. The molecule has 0 aliphatic carbocycles. The van der Waals surface area contributed by atoms with Gasteiger partial charge in [0.2, 0.25) is 5.91 Å². The Morgan fingerprint density at radius 3 is 2.70 bits per heavy atom. The minimum atomic E-state index is -0.0132. The van der Waals surface area contributed by atoms with Crippen molar-refractivity contribution in [3.63, 3.8) is 0 Å². The van der Waals surface area contributed by atoms with E-state index in [0.717, 1.165) is 63.6 Å². The smallest absolute Gasteiger partial charge is 0.243 e. The summed E-state index contributed by atoms with van der Waals surface area (Å²) in [6, 6.07) is 6.47. The lowest BCUT2D eigenvalue weighted by Crippen LogP contribution is -2.49. The van der Waals surface area contributed by atoms with Crippen molar-refractivity contribution in [1.29, 1.82) is 0 Å². The third-order valence-corrected chi connectivity index (χ3v) is 4.87. The second-order valence-electron chi connectivity index (χ2n) is 7.47. The summed E-state index contributed by atoms with van der Waals surface area (Å²) in [5.74, 6) is 1.73. The number of anilines is 1. The molecule has 1 fully saturated rings. The first-order valence-electron chi connectivity index (χ1n) is 10.5. The van der Waals surface area contributed by atoms with Crippen LogP contribution in [0.3, 0.4) is 0 Å². The van der Waals surface area contributed by atoms with Gasteiger partial charge in [0.05, 0.1) is 0 Å². The maximum atomic E-state index is 11.9. The van der Waals surface area contributed by atoms with E-state index in [4.69, 9.17) is 4.74 Å². The molecule has 0 unspecified atom stereocenters. The molecule has 0 radical (unpaired) electrons. The fourth-order valence-electron chi connectivity index (χ4n) is 3.12. The lowest BCUT2D eigenvalue weighted by Gasteiger charge is -2.34. The Bertz CT molecular complexity index is 663. The lowest BCUT2D eigenvalue weighted by molar-refractivity contribution is -0.127. The van der Waals surface area contributed by atoms with E-state index in [1.807, 2.05) is 19.9 Å². The summed E-state index contributed by atoms with van der Waals surface area (Å²) in [5, 5.41) is 6.84. The maximum absolute atomic E-state index is 11.9. The van der Waals surface area contributed by atoms with Crippen molar-refractivity contribution in [2.24, 2.45) is 4.99 Å². The van der Waals surface area contributed by atoms with Crippen molar-refractivity contribution < 1.29 is 9.53 Å². The molecule has 1 aromatic heterocycles. The van der Waals surface area contributed by atoms with Crippen LogP contribution in [0.5, 0.6) is 0 Å². The largest absolute Gasteiger partial charge is 0.382 e. The Morgan fingerprint density at radius 2 is 2.07 bits per heavy atom. The highest BCUT2D eigenvalue weighted by atomic mass is 127. The maximum Gasteiger partial charge on any atom is 0.243 e. The van der Waals surface area contributed by atoms with Crippen molar-refractivity contribution in [2.75, 3.05) is 58.4 Å². The van der Waals surface area contributed by atoms with Crippen molar-refractivity contribution in [2.45, 2.75) is 39.2 Å². The van der Waals surface area contributed by atoms with Crippen molar-refractivity contribution in [1.82, 2.24) is 20.5 Å². The number of carbonyl (C=O) groups excluding carboxylic acids is 1. The first kappa shape index (κ1) is 26.4. The first-order valence-corrected chi connectivity index (χ1v) is 10.5. The molecule has 0 spiro atoms. The molecule has 1 aliphatic heterocycles. The molecule has 2 heterocycles. The van der Waals surface area contributed by atoms with Crippen LogP contribution in [0.25, 0.3) is 0 Å². The van der Waals surface area contributed by atoms with Crippen LogP contribution in [-0.2, 0) is 9.53 Å². The number of aromatic nitrogens is 1. The van der Waals surface area contributed by atoms with E-state index in [2.05, 4.69) is 37.6 Å². The van der Waals surface area contributed by atoms with E-state index in [1.54, 1.807) is 19.0 Å². The van der Waals surface area contributed by atoms with Crippen LogP contribution in [0.2, 0.25) is 0 Å². The molecule has 1 amide bonds. The Kier molecular flexibility index (Phi) is 12.7. The third kappa shape index (κ3) is 9.46. The monoisotopic (exact) mass is 532 g/mol. The molecule has 1 aliphatic rings. The van der Waals surface area contributed by atoms with E-state index in [-0.39, 0.29) is 36.4 Å². The molecule has 0 bridgehead atoms. The Labute approximate surface area is 197 Å². The Balaban J connectivity index is 0.00000450. The van der Waals surface area contributed by atoms with Gasteiger partial charge in [0.1, 0.15) is 12.4 Å². The van der Waals surface area contributed by atoms with Crippen LogP contribution in [0.15, 0.2) is 23.2 Å². The highest BCUT2D eigenvalue weighted by Gasteiger charge is 2.21. The number of amides is 1. The number of hydrogen-bond donors (Lipinski definition) is 2. The number of pyridine rings is 1. The van der Waals surface area contributed by atoms with Gasteiger partial charge in [-0.15, -0.1) is 24.0 Å². The zero-order chi connectivity index (χ0) is 21.1. The van der Waals surface area contributed by atoms with Gasteiger partial charge < -0.3 is 25.2 Å². The fraction of sp³-hybridized carbons (Fsp3) is 0.667. The molecule has 170 valence electrons. The van der Waals surface area contributed by atoms with E-state index in [9.17, 15) is 4.79 Å². The number of ether oxygens (including phenoxy) is 1. The molecular weight excluding hydrogens is 495 g/mol. The molecule has 9 heteroatoms. The molecular formula is C21H37IN6O2. The van der Waals surface area contributed by atoms with Crippen molar-refractivity contribution >= 4 is 41.7 Å². The van der Waals surface area contributed by atoms with Crippen LogP contribution in [0.1, 0.15) is 31.9 Å². The average Bonchev–Trinajstić information content (AvgIpc) is 2.71.